The van der Waals surface area contributed by atoms with Crippen LogP contribution in [-0.2, 0) is 11.4 Å². The van der Waals surface area contributed by atoms with Gasteiger partial charge < -0.3 is 10.1 Å². The van der Waals surface area contributed by atoms with Crippen molar-refractivity contribution < 1.29 is 9.53 Å². The Labute approximate surface area is 144 Å². The molecule has 0 atom stereocenters. The van der Waals surface area contributed by atoms with Gasteiger partial charge in [0.1, 0.15) is 18.2 Å². The Morgan fingerprint density at radius 3 is 2.50 bits per heavy atom. The highest BCUT2D eigenvalue weighted by Gasteiger charge is 2.26. The molecule has 0 aliphatic rings. The Morgan fingerprint density at radius 1 is 1.21 bits per heavy atom. The number of nitrogens with one attached hydrogen (secondary N) is 1. The second-order valence-corrected chi connectivity index (χ2v) is 6.68. The monoisotopic (exact) mass is 326 g/mol. The first kappa shape index (κ1) is 18.0. The van der Waals surface area contributed by atoms with Crippen molar-refractivity contribution in [2.45, 2.75) is 47.6 Å². The molecule has 0 aliphatic carbocycles. The van der Waals surface area contributed by atoms with Crippen molar-refractivity contribution >= 4 is 11.7 Å². The Balaban J connectivity index is 2.17. The lowest BCUT2D eigenvalue weighted by Crippen LogP contribution is -2.30. The van der Waals surface area contributed by atoms with Crippen LogP contribution in [0.1, 0.15) is 44.0 Å². The summed E-state index contributed by atoms with van der Waals surface area (Å²) in [4.78, 5) is 16.8. The molecular weight excluding hydrogens is 300 g/mol. The van der Waals surface area contributed by atoms with E-state index in [2.05, 4.69) is 10.3 Å². The van der Waals surface area contributed by atoms with Gasteiger partial charge in [-0.1, -0.05) is 51.1 Å². The third-order valence-electron chi connectivity index (χ3n) is 4.45. The van der Waals surface area contributed by atoms with E-state index in [9.17, 15) is 4.79 Å². The van der Waals surface area contributed by atoms with Crippen LogP contribution in [0, 0.1) is 19.3 Å². The molecule has 0 aliphatic heterocycles. The molecule has 0 bridgehead atoms. The molecule has 24 heavy (non-hydrogen) atoms. The zero-order chi connectivity index (χ0) is 17.7. The molecular formula is C20H26N2O2. The first-order valence-electron chi connectivity index (χ1n) is 8.30. The molecule has 1 aromatic carbocycles. The van der Waals surface area contributed by atoms with Crippen LogP contribution in [0.2, 0.25) is 0 Å². The molecule has 1 N–H and O–H groups in total. The number of anilines is 1. The van der Waals surface area contributed by atoms with E-state index in [-0.39, 0.29) is 5.91 Å². The highest BCUT2D eigenvalue weighted by molar-refractivity contribution is 5.94. The van der Waals surface area contributed by atoms with Crippen LogP contribution in [0.25, 0.3) is 0 Å². The van der Waals surface area contributed by atoms with Crippen molar-refractivity contribution in [3.05, 3.63) is 53.2 Å². The maximum absolute atomic E-state index is 12.4. The summed E-state index contributed by atoms with van der Waals surface area (Å²) >= 11 is 0. The average molecular weight is 326 g/mol. The first-order valence-corrected chi connectivity index (χ1v) is 8.30. The fraction of sp³-hybridized carbons (Fsp3) is 0.400. The Bertz CT molecular complexity index is 709. The standard InChI is InChI=1S/C20H26N2O2/c1-6-20(4,5)19(23)22-18-12-17(14(2)15(3)21-18)24-13-16-10-8-7-9-11-16/h7-12H,6,13H2,1-5H3,(H,21,22,23). The predicted molar refractivity (Wildman–Crippen MR) is 97.2 cm³/mol. The molecule has 0 radical (unpaired) electrons. The van der Waals surface area contributed by atoms with Crippen LogP contribution >= 0.6 is 0 Å². The third kappa shape index (κ3) is 4.34. The van der Waals surface area contributed by atoms with E-state index in [0.29, 0.717) is 12.4 Å². The topological polar surface area (TPSA) is 51.2 Å². The maximum Gasteiger partial charge on any atom is 0.231 e. The summed E-state index contributed by atoms with van der Waals surface area (Å²) in [5, 5.41) is 2.91. The number of aromatic nitrogens is 1. The summed E-state index contributed by atoms with van der Waals surface area (Å²) in [7, 11) is 0. The number of carbonyl (C=O) groups excluding carboxylic acids is 1. The van der Waals surface area contributed by atoms with Crippen LogP contribution < -0.4 is 10.1 Å². The van der Waals surface area contributed by atoms with Crippen molar-refractivity contribution in [3.8, 4) is 5.75 Å². The van der Waals surface area contributed by atoms with Crippen molar-refractivity contribution in [2.75, 3.05) is 5.32 Å². The lowest BCUT2D eigenvalue weighted by Gasteiger charge is -2.21. The summed E-state index contributed by atoms with van der Waals surface area (Å²) in [6.07, 6.45) is 0.765. The normalized spacial score (nSPS) is 11.2. The average Bonchev–Trinajstić information content (AvgIpc) is 2.57. The lowest BCUT2D eigenvalue weighted by molar-refractivity contribution is -0.124. The zero-order valence-corrected chi connectivity index (χ0v) is 15.1. The van der Waals surface area contributed by atoms with Gasteiger partial charge in [-0.2, -0.15) is 0 Å². The van der Waals surface area contributed by atoms with Gasteiger partial charge in [-0.15, -0.1) is 0 Å². The number of hydrogen-bond donors (Lipinski definition) is 1. The number of nitrogens with zero attached hydrogens (tertiary/aromatic N) is 1. The van der Waals surface area contributed by atoms with Gasteiger partial charge in [0, 0.05) is 22.7 Å². The zero-order valence-electron chi connectivity index (χ0n) is 15.1. The van der Waals surface area contributed by atoms with Crippen molar-refractivity contribution in [1.82, 2.24) is 4.98 Å². The van der Waals surface area contributed by atoms with E-state index in [4.69, 9.17) is 4.74 Å². The maximum atomic E-state index is 12.4. The lowest BCUT2D eigenvalue weighted by atomic mass is 9.89. The summed E-state index contributed by atoms with van der Waals surface area (Å²) < 4.78 is 5.95. The van der Waals surface area contributed by atoms with E-state index in [1.165, 1.54) is 0 Å². The Hall–Kier alpha value is -2.36. The fourth-order valence-corrected chi connectivity index (χ4v) is 2.10. The number of hydrogen-bond acceptors (Lipinski definition) is 3. The highest BCUT2D eigenvalue weighted by Crippen LogP contribution is 2.27. The fourth-order valence-electron chi connectivity index (χ4n) is 2.10. The van der Waals surface area contributed by atoms with Gasteiger partial charge in [-0.05, 0) is 25.8 Å². The van der Waals surface area contributed by atoms with Crippen LogP contribution in [0.4, 0.5) is 5.82 Å². The molecule has 1 aromatic heterocycles. The number of benzene rings is 1. The number of aryl methyl sites for hydroxylation is 1. The molecule has 1 heterocycles. The van der Waals surface area contributed by atoms with Gasteiger partial charge in [0.25, 0.3) is 0 Å². The molecule has 2 aromatic rings. The van der Waals surface area contributed by atoms with Gasteiger partial charge in [0.15, 0.2) is 0 Å². The molecule has 0 unspecified atom stereocenters. The number of rotatable bonds is 6. The van der Waals surface area contributed by atoms with E-state index < -0.39 is 5.41 Å². The van der Waals surface area contributed by atoms with Crippen LogP contribution in [0.5, 0.6) is 5.75 Å². The smallest absolute Gasteiger partial charge is 0.231 e. The van der Waals surface area contributed by atoms with Crippen LogP contribution in [-0.4, -0.2) is 10.9 Å². The molecule has 0 saturated carbocycles. The SMILES string of the molecule is CCC(C)(C)C(=O)Nc1cc(OCc2ccccc2)c(C)c(C)n1. The second kappa shape index (κ2) is 7.47. The van der Waals surface area contributed by atoms with Gasteiger partial charge in [0.2, 0.25) is 5.91 Å². The quantitative estimate of drug-likeness (QED) is 0.840. The molecule has 4 nitrogen and oxygen atoms in total. The van der Waals surface area contributed by atoms with Gasteiger partial charge in [0.05, 0.1) is 0 Å². The van der Waals surface area contributed by atoms with Crippen molar-refractivity contribution in [1.29, 1.82) is 0 Å². The van der Waals surface area contributed by atoms with Crippen molar-refractivity contribution in [2.24, 2.45) is 5.41 Å². The molecule has 128 valence electrons. The molecule has 0 fully saturated rings. The minimum Gasteiger partial charge on any atom is -0.488 e. The van der Waals surface area contributed by atoms with E-state index in [0.717, 1.165) is 29.0 Å². The first-order chi connectivity index (χ1) is 11.3. The summed E-state index contributed by atoms with van der Waals surface area (Å²) in [5.74, 6) is 1.25. The molecule has 0 saturated heterocycles. The minimum absolute atomic E-state index is 0.0326. The van der Waals surface area contributed by atoms with Gasteiger partial charge in [-0.3, -0.25) is 4.79 Å². The second-order valence-electron chi connectivity index (χ2n) is 6.68. The highest BCUT2D eigenvalue weighted by atomic mass is 16.5. The van der Waals surface area contributed by atoms with Gasteiger partial charge in [-0.25, -0.2) is 4.98 Å². The molecule has 2 rings (SSSR count). The van der Waals surface area contributed by atoms with Crippen molar-refractivity contribution in [3.63, 3.8) is 0 Å². The van der Waals surface area contributed by atoms with E-state index >= 15 is 0 Å². The number of amides is 1. The molecule has 4 heteroatoms. The Kier molecular flexibility index (Phi) is 5.60. The van der Waals surface area contributed by atoms with Crippen LogP contribution in [0.15, 0.2) is 36.4 Å². The summed E-state index contributed by atoms with van der Waals surface area (Å²) in [6, 6.07) is 11.8. The molecule has 1 amide bonds. The number of ether oxygens (including phenoxy) is 1. The summed E-state index contributed by atoms with van der Waals surface area (Å²) in [5.41, 5.74) is 2.51. The predicted octanol–water partition coefficient (Wildman–Crippen LogP) is 4.65. The number of carbonyl (C=O) groups is 1. The van der Waals surface area contributed by atoms with E-state index in [1.807, 2.05) is 65.0 Å². The third-order valence-corrected chi connectivity index (χ3v) is 4.45. The van der Waals surface area contributed by atoms with Gasteiger partial charge >= 0.3 is 0 Å². The number of pyridine rings is 1. The summed E-state index contributed by atoms with van der Waals surface area (Å²) in [6.45, 7) is 10.2. The van der Waals surface area contributed by atoms with E-state index in [1.54, 1.807) is 6.07 Å². The Morgan fingerprint density at radius 2 is 1.88 bits per heavy atom. The largest absolute Gasteiger partial charge is 0.488 e. The van der Waals surface area contributed by atoms with Crippen LogP contribution in [0.3, 0.4) is 0 Å². The molecule has 0 spiro atoms. The minimum atomic E-state index is -0.425.